The maximum atomic E-state index is 10.5. The van der Waals surface area contributed by atoms with Crippen molar-refractivity contribution in [3.05, 3.63) is 62.8 Å². The number of pyridine rings is 2. The molecular formula is C18H15Br2N3O2. The van der Waals surface area contributed by atoms with Gasteiger partial charge in [0, 0.05) is 27.4 Å². The maximum Gasteiger partial charge on any atom is 0.202 e. The summed E-state index contributed by atoms with van der Waals surface area (Å²) in [4.78, 5) is 8.37. The van der Waals surface area contributed by atoms with Crippen LogP contribution in [0.3, 0.4) is 0 Å². The molecule has 5 nitrogen and oxygen atoms in total. The Bertz CT molecular complexity index is 892. The summed E-state index contributed by atoms with van der Waals surface area (Å²) in [6.45, 7) is 3.91. The van der Waals surface area contributed by atoms with Gasteiger partial charge < -0.3 is 15.2 Å². The van der Waals surface area contributed by atoms with Crippen molar-refractivity contribution < 1.29 is 9.84 Å². The van der Waals surface area contributed by atoms with Gasteiger partial charge in [0.25, 0.3) is 0 Å². The lowest BCUT2D eigenvalue weighted by Gasteiger charge is -2.15. The van der Waals surface area contributed by atoms with Crippen LogP contribution in [0, 0.1) is 13.8 Å². The second-order valence-corrected chi connectivity index (χ2v) is 7.30. The molecule has 0 amide bonds. The summed E-state index contributed by atoms with van der Waals surface area (Å²) >= 11 is 6.80. The summed E-state index contributed by atoms with van der Waals surface area (Å²) in [6, 6.07) is 9.18. The van der Waals surface area contributed by atoms with E-state index in [1.165, 1.54) is 0 Å². The van der Waals surface area contributed by atoms with Crippen molar-refractivity contribution in [3.63, 3.8) is 0 Å². The standard InChI is InChI=1S/C18H15Br2N3O2/c1-10-7-13(20)8-11(2)17(10)25-14-5-6-21-18(16(14)24)23-15-4-3-12(19)9-22-15/h3-9,24H,1-2H3,(H,21,22,23). The van der Waals surface area contributed by atoms with Crippen LogP contribution in [0.15, 0.2) is 51.7 Å². The molecule has 2 aromatic heterocycles. The molecular weight excluding hydrogens is 450 g/mol. The normalized spacial score (nSPS) is 10.6. The number of aromatic nitrogens is 2. The van der Waals surface area contributed by atoms with Crippen LogP contribution in [0.5, 0.6) is 17.2 Å². The molecule has 0 aliphatic rings. The molecule has 0 saturated carbocycles. The van der Waals surface area contributed by atoms with Gasteiger partial charge in [-0.1, -0.05) is 15.9 Å². The Labute approximate surface area is 162 Å². The van der Waals surface area contributed by atoms with E-state index in [2.05, 4.69) is 47.1 Å². The van der Waals surface area contributed by atoms with E-state index in [0.29, 0.717) is 17.3 Å². The van der Waals surface area contributed by atoms with Gasteiger partial charge in [0.15, 0.2) is 11.6 Å². The number of nitrogens with one attached hydrogen (secondary N) is 1. The zero-order valence-corrected chi connectivity index (χ0v) is 16.7. The lowest BCUT2D eigenvalue weighted by atomic mass is 10.1. The third-order valence-corrected chi connectivity index (χ3v) is 4.43. The van der Waals surface area contributed by atoms with Gasteiger partial charge in [-0.2, -0.15) is 0 Å². The number of rotatable bonds is 4. The Morgan fingerprint density at radius 2 is 1.72 bits per heavy atom. The van der Waals surface area contributed by atoms with Crippen molar-refractivity contribution >= 4 is 43.5 Å². The molecule has 0 bridgehead atoms. The summed E-state index contributed by atoms with van der Waals surface area (Å²) in [7, 11) is 0. The summed E-state index contributed by atoms with van der Waals surface area (Å²) in [5.74, 6) is 1.80. The maximum absolute atomic E-state index is 10.5. The van der Waals surface area contributed by atoms with E-state index in [-0.39, 0.29) is 11.6 Å². The van der Waals surface area contributed by atoms with Gasteiger partial charge in [0.05, 0.1) is 0 Å². The molecule has 0 aliphatic carbocycles. The van der Waals surface area contributed by atoms with E-state index in [0.717, 1.165) is 20.1 Å². The summed E-state index contributed by atoms with van der Waals surface area (Å²) in [6.07, 6.45) is 3.23. The number of anilines is 2. The summed E-state index contributed by atoms with van der Waals surface area (Å²) in [5.41, 5.74) is 1.93. The fourth-order valence-electron chi connectivity index (χ4n) is 2.35. The molecule has 0 radical (unpaired) electrons. The SMILES string of the molecule is Cc1cc(Br)cc(C)c1Oc1ccnc(Nc2ccc(Br)cn2)c1O. The van der Waals surface area contributed by atoms with Gasteiger partial charge in [-0.15, -0.1) is 0 Å². The topological polar surface area (TPSA) is 67.3 Å². The smallest absolute Gasteiger partial charge is 0.202 e. The van der Waals surface area contributed by atoms with Crippen molar-refractivity contribution in [2.45, 2.75) is 13.8 Å². The molecule has 0 atom stereocenters. The quantitative estimate of drug-likeness (QED) is 0.506. The highest BCUT2D eigenvalue weighted by molar-refractivity contribution is 9.10. The second-order valence-electron chi connectivity index (χ2n) is 5.46. The minimum Gasteiger partial charge on any atom is -0.502 e. The van der Waals surface area contributed by atoms with Crippen LogP contribution < -0.4 is 10.1 Å². The first kappa shape index (κ1) is 17.7. The van der Waals surface area contributed by atoms with E-state index < -0.39 is 0 Å². The Morgan fingerprint density at radius 3 is 2.36 bits per heavy atom. The lowest BCUT2D eigenvalue weighted by molar-refractivity contribution is 0.408. The van der Waals surface area contributed by atoms with E-state index in [1.54, 1.807) is 24.5 Å². The lowest BCUT2D eigenvalue weighted by Crippen LogP contribution is -1.98. The summed E-state index contributed by atoms with van der Waals surface area (Å²) < 4.78 is 7.80. The highest BCUT2D eigenvalue weighted by Gasteiger charge is 2.14. The molecule has 3 aromatic rings. The van der Waals surface area contributed by atoms with Crippen LogP contribution in [0.25, 0.3) is 0 Å². The molecule has 0 aliphatic heterocycles. The largest absolute Gasteiger partial charge is 0.502 e. The third-order valence-electron chi connectivity index (χ3n) is 3.50. The molecule has 0 fully saturated rings. The molecule has 0 spiro atoms. The van der Waals surface area contributed by atoms with Crippen LogP contribution in [0.2, 0.25) is 0 Å². The van der Waals surface area contributed by atoms with Crippen molar-refractivity contribution in [2.75, 3.05) is 5.32 Å². The van der Waals surface area contributed by atoms with Gasteiger partial charge in [-0.25, -0.2) is 9.97 Å². The number of halogens is 2. The zero-order valence-electron chi connectivity index (χ0n) is 13.5. The average molecular weight is 465 g/mol. The first-order chi connectivity index (χ1) is 11.9. The number of aryl methyl sites for hydroxylation is 2. The first-order valence-electron chi connectivity index (χ1n) is 7.45. The van der Waals surface area contributed by atoms with Crippen molar-refractivity contribution in [1.82, 2.24) is 9.97 Å². The molecule has 0 saturated heterocycles. The molecule has 2 N–H and O–H groups in total. The van der Waals surface area contributed by atoms with Gasteiger partial charge in [0.2, 0.25) is 5.75 Å². The van der Waals surface area contributed by atoms with Crippen molar-refractivity contribution in [2.24, 2.45) is 0 Å². The zero-order chi connectivity index (χ0) is 18.0. The fraction of sp³-hybridized carbons (Fsp3) is 0.111. The third kappa shape index (κ3) is 4.11. The highest BCUT2D eigenvalue weighted by Crippen LogP contribution is 2.39. The Hall–Kier alpha value is -2.12. The molecule has 128 valence electrons. The molecule has 7 heteroatoms. The second kappa shape index (κ2) is 7.41. The van der Waals surface area contributed by atoms with E-state index >= 15 is 0 Å². The predicted molar refractivity (Wildman–Crippen MR) is 105 cm³/mol. The van der Waals surface area contributed by atoms with Crippen LogP contribution in [0.4, 0.5) is 11.6 Å². The highest BCUT2D eigenvalue weighted by atomic mass is 79.9. The van der Waals surface area contributed by atoms with Gasteiger partial charge in [-0.05, 0) is 65.2 Å². The molecule has 3 rings (SSSR count). The van der Waals surface area contributed by atoms with Crippen molar-refractivity contribution in [1.29, 1.82) is 0 Å². The predicted octanol–water partition coefficient (Wildman–Crippen LogP) is 5.86. The molecule has 1 aromatic carbocycles. The van der Waals surface area contributed by atoms with Gasteiger partial charge in [0.1, 0.15) is 11.6 Å². The number of hydrogen-bond acceptors (Lipinski definition) is 5. The minimum atomic E-state index is -0.0751. The molecule has 25 heavy (non-hydrogen) atoms. The van der Waals surface area contributed by atoms with Gasteiger partial charge >= 0.3 is 0 Å². The molecule has 2 heterocycles. The summed E-state index contributed by atoms with van der Waals surface area (Å²) in [5, 5.41) is 13.5. The number of nitrogens with zero attached hydrogens (tertiary/aromatic N) is 2. The fourth-order valence-corrected chi connectivity index (χ4v) is 3.27. The van der Waals surface area contributed by atoms with Crippen molar-refractivity contribution in [3.8, 4) is 17.2 Å². The van der Waals surface area contributed by atoms with Crippen LogP contribution in [-0.4, -0.2) is 15.1 Å². The Morgan fingerprint density at radius 1 is 1.00 bits per heavy atom. The van der Waals surface area contributed by atoms with E-state index in [1.807, 2.05) is 32.0 Å². The van der Waals surface area contributed by atoms with Crippen LogP contribution in [-0.2, 0) is 0 Å². The average Bonchev–Trinajstić information content (AvgIpc) is 2.56. The Balaban J connectivity index is 1.90. The van der Waals surface area contributed by atoms with Crippen LogP contribution >= 0.6 is 31.9 Å². The number of benzene rings is 1. The van der Waals surface area contributed by atoms with Gasteiger partial charge in [-0.3, -0.25) is 0 Å². The number of aromatic hydroxyl groups is 1. The minimum absolute atomic E-state index is 0.0751. The monoisotopic (exact) mass is 463 g/mol. The number of hydrogen-bond donors (Lipinski definition) is 2. The number of ether oxygens (including phenoxy) is 1. The first-order valence-corrected chi connectivity index (χ1v) is 9.04. The van der Waals surface area contributed by atoms with E-state index in [4.69, 9.17) is 4.74 Å². The van der Waals surface area contributed by atoms with Crippen LogP contribution in [0.1, 0.15) is 11.1 Å². The van der Waals surface area contributed by atoms with E-state index in [9.17, 15) is 5.11 Å². The molecule has 0 unspecified atom stereocenters. The Kier molecular flexibility index (Phi) is 5.24.